The average Bonchev–Trinajstić information content (AvgIpc) is 3.13. The van der Waals surface area contributed by atoms with E-state index in [0.717, 1.165) is 16.7 Å². The fourth-order valence-corrected chi connectivity index (χ4v) is 4.24. The van der Waals surface area contributed by atoms with Crippen molar-refractivity contribution in [3.8, 4) is 5.75 Å². The zero-order chi connectivity index (χ0) is 24.8. The third kappa shape index (κ3) is 6.36. The Morgan fingerprint density at radius 1 is 1.00 bits per heavy atom. The Balaban J connectivity index is 1.40. The molecular weight excluding hydrogens is 467 g/mol. The Hall–Kier alpha value is -3.91. The number of benzene rings is 3. The van der Waals surface area contributed by atoms with Crippen LogP contribution in [0.4, 0.5) is 10.1 Å². The van der Waals surface area contributed by atoms with Crippen LogP contribution >= 0.6 is 11.8 Å². The van der Waals surface area contributed by atoms with E-state index in [4.69, 9.17) is 4.74 Å². The molecule has 0 unspecified atom stereocenters. The van der Waals surface area contributed by atoms with Gasteiger partial charge in [0.25, 0.3) is 5.91 Å². The van der Waals surface area contributed by atoms with Crippen LogP contribution in [0.3, 0.4) is 0 Å². The Morgan fingerprint density at radius 3 is 2.31 bits per heavy atom. The largest absolute Gasteiger partial charge is 0.489 e. The lowest BCUT2D eigenvalue weighted by molar-refractivity contribution is -0.139. The summed E-state index contributed by atoms with van der Waals surface area (Å²) in [6.07, 6.45) is 2.01. The minimum atomic E-state index is -0.303. The molecule has 0 bridgehead atoms. The lowest BCUT2D eigenvalue weighted by Gasteiger charge is -2.07. The van der Waals surface area contributed by atoms with Crippen molar-refractivity contribution in [2.45, 2.75) is 13.0 Å². The van der Waals surface area contributed by atoms with Crippen molar-refractivity contribution in [1.82, 2.24) is 4.90 Å². The van der Waals surface area contributed by atoms with E-state index in [0.29, 0.717) is 28.1 Å². The lowest BCUT2D eigenvalue weighted by Crippen LogP contribution is -2.23. The molecule has 3 aromatic carbocycles. The third-order valence-electron chi connectivity index (χ3n) is 5.24. The zero-order valence-electron chi connectivity index (χ0n) is 19.2. The monoisotopic (exact) mass is 490 g/mol. The Kier molecular flexibility index (Phi) is 7.62. The number of ether oxygens (including phenoxy) is 2. The summed E-state index contributed by atoms with van der Waals surface area (Å²) >= 11 is 1.30. The number of amides is 1. The molecule has 0 aliphatic carbocycles. The van der Waals surface area contributed by atoms with E-state index in [1.54, 1.807) is 31.3 Å². The first-order valence-corrected chi connectivity index (χ1v) is 11.6. The minimum absolute atomic E-state index is 0.132. The van der Waals surface area contributed by atoms with Crippen molar-refractivity contribution in [2.75, 3.05) is 14.2 Å². The Morgan fingerprint density at radius 2 is 1.66 bits per heavy atom. The van der Waals surface area contributed by atoms with Gasteiger partial charge in [-0.05, 0) is 70.9 Å². The summed E-state index contributed by atoms with van der Waals surface area (Å²) in [5.41, 5.74) is 3.25. The number of rotatable bonds is 7. The molecule has 0 radical (unpaired) electrons. The molecule has 6 nitrogen and oxygen atoms in total. The minimum Gasteiger partial charge on any atom is -0.489 e. The molecule has 0 atom stereocenters. The first kappa shape index (κ1) is 24.2. The molecule has 1 saturated heterocycles. The van der Waals surface area contributed by atoms with Gasteiger partial charge in [0.2, 0.25) is 0 Å². The van der Waals surface area contributed by atoms with Gasteiger partial charge in [-0.3, -0.25) is 14.5 Å². The lowest BCUT2D eigenvalue weighted by atomic mass is 10.1. The topological polar surface area (TPSA) is 68.2 Å². The van der Waals surface area contributed by atoms with E-state index in [2.05, 4.69) is 9.73 Å². The van der Waals surface area contributed by atoms with Gasteiger partial charge in [-0.1, -0.05) is 36.4 Å². The van der Waals surface area contributed by atoms with E-state index in [1.165, 1.54) is 35.9 Å². The summed E-state index contributed by atoms with van der Waals surface area (Å²) in [6.45, 7) is 0.337. The van der Waals surface area contributed by atoms with E-state index in [1.807, 2.05) is 42.5 Å². The number of esters is 1. The molecule has 1 aliphatic rings. The van der Waals surface area contributed by atoms with Gasteiger partial charge in [-0.2, -0.15) is 0 Å². The molecule has 178 valence electrons. The molecule has 35 heavy (non-hydrogen) atoms. The highest BCUT2D eigenvalue weighted by Crippen LogP contribution is 2.33. The van der Waals surface area contributed by atoms with Crippen LogP contribution in [0, 0.1) is 5.82 Å². The number of carbonyl (C=O) groups is 2. The number of nitrogens with zero attached hydrogens (tertiary/aromatic N) is 2. The molecular formula is C27H23FN2O4S. The summed E-state index contributed by atoms with van der Waals surface area (Å²) in [5, 5.41) is 0.571. The van der Waals surface area contributed by atoms with E-state index in [9.17, 15) is 14.0 Å². The first-order chi connectivity index (χ1) is 16.9. The first-order valence-electron chi connectivity index (χ1n) is 10.8. The van der Waals surface area contributed by atoms with Crippen molar-refractivity contribution in [2.24, 2.45) is 4.99 Å². The van der Waals surface area contributed by atoms with E-state index < -0.39 is 0 Å². The fourth-order valence-electron chi connectivity index (χ4n) is 3.25. The number of thioether (sulfide) groups is 1. The predicted octanol–water partition coefficient (Wildman–Crippen LogP) is 5.35. The highest BCUT2D eigenvalue weighted by Gasteiger charge is 2.30. The Bertz CT molecular complexity index is 1270. The molecule has 1 amide bonds. The van der Waals surface area contributed by atoms with Gasteiger partial charge in [-0.15, -0.1) is 0 Å². The summed E-state index contributed by atoms with van der Waals surface area (Å²) < 4.78 is 23.4. The summed E-state index contributed by atoms with van der Waals surface area (Å²) in [6, 6.07) is 20.8. The second-order valence-electron chi connectivity index (χ2n) is 7.77. The SMILES string of the molecule is COC(=O)Cc1ccc(/N=C2/S/C(=C\c3ccc(OCc4ccc(F)cc4)cc3)C(=O)N2C)cc1. The van der Waals surface area contributed by atoms with Crippen LogP contribution in [-0.2, 0) is 27.4 Å². The van der Waals surface area contributed by atoms with Crippen LogP contribution in [0.2, 0.25) is 0 Å². The van der Waals surface area contributed by atoms with Crippen LogP contribution in [0.5, 0.6) is 5.75 Å². The maximum absolute atomic E-state index is 13.0. The van der Waals surface area contributed by atoms with Crippen LogP contribution in [-0.4, -0.2) is 36.1 Å². The van der Waals surface area contributed by atoms with Gasteiger partial charge in [0.15, 0.2) is 5.17 Å². The molecule has 0 N–H and O–H groups in total. The van der Waals surface area contributed by atoms with Crippen molar-refractivity contribution in [1.29, 1.82) is 0 Å². The normalized spacial score (nSPS) is 15.6. The number of amidine groups is 1. The maximum atomic E-state index is 13.0. The summed E-state index contributed by atoms with van der Waals surface area (Å²) in [5.74, 6) is -0.0366. The van der Waals surface area contributed by atoms with Crippen molar-refractivity contribution >= 4 is 40.6 Å². The van der Waals surface area contributed by atoms with Gasteiger partial charge in [0.1, 0.15) is 18.2 Å². The van der Waals surface area contributed by atoms with E-state index in [-0.39, 0.29) is 24.1 Å². The zero-order valence-corrected chi connectivity index (χ0v) is 20.0. The fraction of sp³-hybridized carbons (Fsp3) is 0.148. The standard InChI is InChI=1S/C27H23FN2O4S/c1-30-26(32)24(35-27(30)29-22-11-5-19(6-12-22)16-25(31)33-2)15-18-7-13-23(14-8-18)34-17-20-3-9-21(28)10-4-20/h3-15H,16-17H2,1-2H3/b24-15-,29-27+. The van der Waals surface area contributed by atoms with Crippen LogP contribution in [0.1, 0.15) is 16.7 Å². The van der Waals surface area contributed by atoms with E-state index >= 15 is 0 Å². The molecule has 1 aliphatic heterocycles. The van der Waals surface area contributed by atoms with Crippen molar-refractivity contribution < 1.29 is 23.5 Å². The number of aliphatic imine (C=N–C) groups is 1. The van der Waals surface area contributed by atoms with Gasteiger partial charge < -0.3 is 9.47 Å². The second kappa shape index (κ2) is 11.0. The van der Waals surface area contributed by atoms with Gasteiger partial charge in [-0.25, -0.2) is 9.38 Å². The van der Waals surface area contributed by atoms with Crippen LogP contribution < -0.4 is 4.74 Å². The molecule has 0 saturated carbocycles. The number of carbonyl (C=O) groups excluding carboxylic acids is 2. The molecule has 8 heteroatoms. The van der Waals surface area contributed by atoms with Gasteiger partial charge in [0, 0.05) is 7.05 Å². The quantitative estimate of drug-likeness (QED) is 0.330. The average molecular weight is 491 g/mol. The van der Waals surface area contributed by atoms with Crippen LogP contribution in [0.25, 0.3) is 6.08 Å². The van der Waals surface area contributed by atoms with Crippen LogP contribution in [0.15, 0.2) is 82.7 Å². The number of halogens is 1. The molecule has 1 fully saturated rings. The molecule has 0 aromatic heterocycles. The highest BCUT2D eigenvalue weighted by molar-refractivity contribution is 8.18. The predicted molar refractivity (Wildman–Crippen MR) is 135 cm³/mol. The summed E-state index contributed by atoms with van der Waals surface area (Å²) in [4.78, 5) is 30.8. The number of hydrogen-bond donors (Lipinski definition) is 0. The number of hydrogen-bond acceptors (Lipinski definition) is 6. The smallest absolute Gasteiger partial charge is 0.309 e. The molecule has 0 spiro atoms. The van der Waals surface area contributed by atoms with Crippen molar-refractivity contribution in [3.63, 3.8) is 0 Å². The van der Waals surface area contributed by atoms with Gasteiger partial charge in [0.05, 0.1) is 24.1 Å². The number of methoxy groups -OCH3 is 1. The van der Waals surface area contributed by atoms with Crippen molar-refractivity contribution in [3.05, 3.63) is 100 Å². The highest BCUT2D eigenvalue weighted by atomic mass is 32.2. The maximum Gasteiger partial charge on any atom is 0.309 e. The second-order valence-corrected chi connectivity index (χ2v) is 8.78. The number of likely N-dealkylation sites (N-methyl/N-ethyl adjacent to an activating group) is 1. The van der Waals surface area contributed by atoms with Gasteiger partial charge >= 0.3 is 5.97 Å². The molecule has 3 aromatic rings. The molecule has 4 rings (SSSR count). The summed E-state index contributed by atoms with van der Waals surface area (Å²) in [7, 11) is 3.04. The molecule has 1 heterocycles. The third-order valence-corrected chi connectivity index (χ3v) is 6.30. The Labute approximate surface area is 207 Å².